The van der Waals surface area contributed by atoms with E-state index >= 15 is 0 Å². The second-order valence-corrected chi connectivity index (χ2v) is 10.5. The molecule has 1 unspecified atom stereocenters. The molecule has 1 atom stereocenters. The lowest BCUT2D eigenvalue weighted by Crippen LogP contribution is -2.35. The Morgan fingerprint density at radius 3 is 2.55 bits per heavy atom. The number of hydrogen-bond donors (Lipinski definition) is 1. The maximum Gasteiger partial charge on any atom is 0.284 e. The average molecular weight is 525 g/mol. The number of hydrazone groups is 1. The summed E-state index contributed by atoms with van der Waals surface area (Å²) in [6, 6.07) is 22.9. The number of carbonyl (C=O) groups is 1. The van der Waals surface area contributed by atoms with Crippen molar-refractivity contribution >= 4 is 23.0 Å². The van der Waals surface area contributed by atoms with Crippen molar-refractivity contribution in [3.8, 4) is 16.2 Å². The number of hydrogen-bond acceptors (Lipinski definition) is 7. The molecule has 1 N–H and O–H groups in total. The van der Waals surface area contributed by atoms with Gasteiger partial charge in [-0.2, -0.15) is 5.10 Å². The molecule has 2 aromatic heterocycles. The lowest BCUT2D eigenvalue weighted by Gasteiger charge is -2.26. The Labute approximate surface area is 225 Å². The normalized spacial score (nSPS) is 17.9. The highest BCUT2D eigenvalue weighted by Gasteiger charge is 2.35. The summed E-state index contributed by atoms with van der Waals surface area (Å²) in [6.45, 7) is 4.42. The topological polar surface area (TPSA) is 78.3 Å². The minimum absolute atomic E-state index is 0.155. The van der Waals surface area contributed by atoms with Crippen molar-refractivity contribution in [3.05, 3.63) is 107 Å². The molecule has 38 heavy (non-hydrogen) atoms. The Morgan fingerprint density at radius 1 is 0.974 bits per heavy atom. The Hall–Kier alpha value is -3.85. The fraction of sp³-hybridized carbons (Fsp3) is 0.233. The zero-order valence-corrected chi connectivity index (χ0v) is 21.7. The summed E-state index contributed by atoms with van der Waals surface area (Å²) >= 11 is 1.46. The Kier molecular flexibility index (Phi) is 7.00. The van der Waals surface area contributed by atoms with Crippen LogP contribution in [0.3, 0.4) is 0 Å². The monoisotopic (exact) mass is 524 g/mol. The molecule has 192 valence electrons. The quantitative estimate of drug-likeness (QED) is 0.368. The number of aromatic nitrogens is 1. The molecule has 7 nitrogen and oxygen atoms in total. The first-order valence-corrected chi connectivity index (χ1v) is 13.6. The van der Waals surface area contributed by atoms with Crippen LogP contribution in [0.25, 0.3) is 10.4 Å². The van der Waals surface area contributed by atoms with Crippen LogP contribution in [0, 0.1) is 0 Å². The minimum Gasteiger partial charge on any atom is -0.508 e. The summed E-state index contributed by atoms with van der Waals surface area (Å²) in [7, 11) is 0. The van der Waals surface area contributed by atoms with Crippen LogP contribution in [0.1, 0.15) is 38.8 Å². The van der Waals surface area contributed by atoms with Crippen LogP contribution in [0.2, 0.25) is 0 Å². The number of morpholine rings is 1. The maximum absolute atomic E-state index is 13.8. The first kappa shape index (κ1) is 24.5. The van der Waals surface area contributed by atoms with Gasteiger partial charge in [0, 0.05) is 54.5 Å². The van der Waals surface area contributed by atoms with Crippen LogP contribution < -0.4 is 0 Å². The van der Waals surface area contributed by atoms with Gasteiger partial charge in [-0.05, 0) is 35.4 Å². The molecule has 2 aromatic carbocycles. The Balaban J connectivity index is 1.24. The molecule has 0 aliphatic carbocycles. The number of rotatable bonds is 6. The molecule has 1 amide bonds. The molecule has 2 aliphatic rings. The fourth-order valence-electron chi connectivity index (χ4n) is 4.93. The van der Waals surface area contributed by atoms with Gasteiger partial charge in [-0.25, -0.2) is 5.01 Å². The van der Waals surface area contributed by atoms with Crippen LogP contribution in [-0.2, 0) is 11.3 Å². The van der Waals surface area contributed by atoms with E-state index in [9.17, 15) is 9.90 Å². The molecule has 0 bridgehead atoms. The van der Waals surface area contributed by atoms with E-state index < -0.39 is 6.04 Å². The van der Waals surface area contributed by atoms with Crippen LogP contribution >= 0.6 is 11.3 Å². The third-order valence-corrected chi connectivity index (χ3v) is 8.10. The lowest BCUT2D eigenvalue weighted by molar-refractivity contribution is 0.0342. The molecule has 0 spiro atoms. The summed E-state index contributed by atoms with van der Waals surface area (Å²) < 4.78 is 5.44. The summed E-state index contributed by atoms with van der Waals surface area (Å²) in [5.74, 6) is -0.0284. The average Bonchev–Trinajstić information content (AvgIpc) is 3.63. The molecule has 1 fully saturated rings. The van der Waals surface area contributed by atoms with Gasteiger partial charge in [-0.1, -0.05) is 48.5 Å². The smallest absolute Gasteiger partial charge is 0.284 e. The third-order valence-electron chi connectivity index (χ3n) is 6.97. The van der Waals surface area contributed by atoms with Gasteiger partial charge >= 0.3 is 0 Å². The predicted octanol–water partition coefficient (Wildman–Crippen LogP) is 5.34. The zero-order valence-electron chi connectivity index (χ0n) is 20.9. The van der Waals surface area contributed by atoms with Crippen molar-refractivity contribution in [2.75, 3.05) is 26.3 Å². The fourth-order valence-corrected chi connectivity index (χ4v) is 5.87. The molecule has 6 rings (SSSR count). The molecule has 1 saturated heterocycles. The van der Waals surface area contributed by atoms with Crippen molar-refractivity contribution in [2.45, 2.75) is 19.0 Å². The number of phenols is 1. The number of ether oxygens (including phenoxy) is 1. The Morgan fingerprint density at radius 2 is 1.79 bits per heavy atom. The van der Waals surface area contributed by atoms with E-state index in [4.69, 9.17) is 9.84 Å². The van der Waals surface area contributed by atoms with Gasteiger partial charge in [-0.15, -0.1) is 11.3 Å². The first-order chi connectivity index (χ1) is 18.7. The van der Waals surface area contributed by atoms with Crippen molar-refractivity contribution in [3.63, 3.8) is 0 Å². The SMILES string of the molecule is O=C(c1ccc(-c2ccc(CN3CCOCC3)cc2)s1)N1N=C(c2cccnc2)CC1c1ccccc1O. The van der Waals surface area contributed by atoms with Gasteiger partial charge in [-0.3, -0.25) is 14.7 Å². The summed E-state index contributed by atoms with van der Waals surface area (Å²) in [5.41, 5.74) is 4.66. The summed E-state index contributed by atoms with van der Waals surface area (Å²) in [4.78, 5) is 22.0. The maximum atomic E-state index is 13.8. The van der Waals surface area contributed by atoms with Crippen LogP contribution in [-0.4, -0.2) is 57.9 Å². The molecule has 0 radical (unpaired) electrons. The first-order valence-electron chi connectivity index (χ1n) is 12.7. The Bertz CT molecular complexity index is 1450. The van der Waals surface area contributed by atoms with Crippen LogP contribution in [0.5, 0.6) is 5.75 Å². The van der Waals surface area contributed by atoms with Gasteiger partial charge in [0.05, 0.1) is 29.8 Å². The molecule has 2 aliphatic heterocycles. The number of para-hydroxylation sites is 1. The van der Waals surface area contributed by atoms with E-state index in [2.05, 4.69) is 34.1 Å². The second kappa shape index (κ2) is 10.9. The van der Waals surface area contributed by atoms with Crippen molar-refractivity contribution in [1.82, 2.24) is 14.9 Å². The van der Waals surface area contributed by atoms with Crippen LogP contribution in [0.4, 0.5) is 0 Å². The van der Waals surface area contributed by atoms with Crippen molar-refractivity contribution < 1.29 is 14.6 Å². The molecular formula is C30H28N4O3S. The predicted molar refractivity (Wildman–Crippen MR) is 148 cm³/mol. The molecule has 4 heterocycles. The van der Waals surface area contributed by atoms with Crippen molar-refractivity contribution in [2.24, 2.45) is 5.10 Å². The lowest BCUT2D eigenvalue weighted by atomic mass is 9.98. The summed E-state index contributed by atoms with van der Waals surface area (Å²) in [5, 5.41) is 16.8. The number of aromatic hydroxyl groups is 1. The summed E-state index contributed by atoms with van der Waals surface area (Å²) in [6.07, 6.45) is 3.96. The number of phenolic OH excluding ortho intramolecular Hbond substituents is 1. The number of pyridine rings is 1. The molecule has 4 aromatic rings. The highest BCUT2D eigenvalue weighted by atomic mass is 32.1. The van der Waals surface area contributed by atoms with E-state index in [0.717, 1.165) is 54.6 Å². The van der Waals surface area contributed by atoms with Gasteiger partial charge in [0.25, 0.3) is 5.91 Å². The van der Waals surface area contributed by atoms with Crippen LogP contribution in [0.15, 0.2) is 90.3 Å². The van der Waals surface area contributed by atoms with Gasteiger partial charge in [0.1, 0.15) is 5.75 Å². The van der Waals surface area contributed by atoms with E-state index in [1.807, 2.05) is 36.4 Å². The highest BCUT2D eigenvalue weighted by molar-refractivity contribution is 7.17. The van der Waals surface area contributed by atoms with Gasteiger partial charge in [0.15, 0.2) is 0 Å². The highest BCUT2D eigenvalue weighted by Crippen LogP contribution is 2.39. The number of amides is 1. The largest absolute Gasteiger partial charge is 0.508 e. The molecule has 0 saturated carbocycles. The molecule has 8 heteroatoms. The number of nitrogens with zero attached hydrogens (tertiary/aromatic N) is 4. The third kappa shape index (κ3) is 5.11. The number of benzene rings is 2. The molecular weight excluding hydrogens is 496 g/mol. The number of carbonyl (C=O) groups excluding carboxylic acids is 1. The van der Waals surface area contributed by atoms with E-state index in [-0.39, 0.29) is 11.7 Å². The second-order valence-electron chi connectivity index (χ2n) is 9.47. The zero-order chi connectivity index (χ0) is 25.9. The number of thiophene rings is 1. The van der Waals surface area contributed by atoms with E-state index in [1.54, 1.807) is 24.5 Å². The van der Waals surface area contributed by atoms with E-state index in [0.29, 0.717) is 16.9 Å². The van der Waals surface area contributed by atoms with Crippen molar-refractivity contribution in [1.29, 1.82) is 0 Å². The van der Waals surface area contributed by atoms with Gasteiger partial charge < -0.3 is 9.84 Å². The standard InChI is InChI=1S/C30H28N4O3S/c35-27-6-2-1-5-24(27)26-18-25(23-4-3-13-31-19-23)32-34(26)30(36)29-12-11-28(38-29)22-9-7-21(8-10-22)20-33-14-16-37-17-15-33/h1-13,19,26,35H,14-18,20H2. The van der Waals surface area contributed by atoms with E-state index in [1.165, 1.54) is 21.9 Å². The van der Waals surface area contributed by atoms with Gasteiger partial charge in [0.2, 0.25) is 0 Å². The minimum atomic E-state index is -0.399.